The molecule has 3 fully saturated rings. The molecule has 0 saturated carbocycles. The van der Waals surface area contributed by atoms with E-state index >= 15 is 4.39 Å². The van der Waals surface area contributed by atoms with Gasteiger partial charge in [-0.1, -0.05) is 30.2 Å². The number of pyridine rings is 1. The number of carbonyl (C=O) groups excluding carboxylic acids is 1. The van der Waals surface area contributed by atoms with Crippen LogP contribution in [0.4, 0.5) is 19.0 Å². The number of carbonyl (C=O) groups is 1. The number of rotatable bonds is 6. The number of hydrogen-bond donors (Lipinski definition) is 0. The van der Waals surface area contributed by atoms with E-state index in [0.717, 1.165) is 18.7 Å². The zero-order chi connectivity index (χ0) is 38.1. The summed E-state index contributed by atoms with van der Waals surface area (Å²) in [5.41, 5.74) is 1.83. The summed E-state index contributed by atoms with van der Waals surface area (Å²) in [6, 6.07) is 10.3. The normalized spacial score (nSPS) is 19.6. The number of halogens is 3. The van der Waals surface area contributed by atoms with Gasteiger partial charge in [-0.25, -0.2) is 23.1 Å². The number of nitrogens with zero attached hydrogens (tertiary/aromatic N) is 8. The highest BCUT2D eigenvalue weighted by atomic mass is 19.1. The van der Waals surface area contributed by atoms with Crippen LogP contribution in [0.5, 0.6) is 6.01 Å². The van der Waals surface area contributed by atoms with Gasteiger partial charge in [-0.05, 0) is 69.7 Å². The Morgan fingerprint density at radius 1 is 1.07 bits per heavy atom. The van der Waals surface area contributed by atoms with Gasteiger partial charge in [0.2, 0.25) is 5.91 Å². The van der Waals surface area contributed by atoms with E-state index < -0.39 is 17.8 Å². The first-order valence-corrected chi connectivity index (χ1v) is 18.0. The van der Waals surface area contributed by atoms with Crippen molar-refractivity contribution in [2.45, 2.75) is 57.8 Å². The van der Waals surface area contributed by atoms with Crippen molar-refractivity contribution in [1.82, 2.24) is 34.7 Å². The van der Waals surface area contributed by atoms with Gasteiger partial charge in [-0.15, -0.1) is 6.42 Å². The number of fused-ring (bicyclic) bond motifs is 3. The number of likely N-dealkylation sites (tertiary alicyclic amines) is 1. The number of likely N-dealkylation sites (N-methyl/N-ethyl adjacent to an activating group) is 1. The van der Waals surface area contributed by atoms with Crippen LogP contribution in [0.15, 0.2) is 48.7 Å². The van der Waals surface area contributed by atoms with Crippen LogP contribution in [0, 0.1) is 37.8 Å². The maximum Gasteiger partial charge on any atom is 0.318 e. The highest BCUT2D eigenvalue weighted by Gasteiger charge is 2.35. The van der Waals surface area contributed by atoms with E-state index in [4.69, 9.17) is 11.2 Å². The number of amides is 1. The summed E-state index contributed by atoms with van der Waals surface area (Å²) < 4.78 is 49.0. The summed E-state index contributed by atoms with van der Waals surface area (Å²) in [5, 5.41) is 1.41. The lowest BCUT2D eigenvalue weighted by Crippen LogP contribution is -2.36. The zero-order valence-corrected chi connectivity index (χ0v) is 30.7. The highest BCUT2D eigenvalue weighted by Crippen LogP contribution is 2.37. The fourth-order valence-electron chi connectivity index (χ4n) is 7.81. The molecule has 8 rings (SSSR count). The molecule has 3 aliphatic rings. The number of ether oxygens (including phenoxy) is 1. The summed E-state index contributed by atoms with van der Waals surface area (Å²) in [6.07, 6.45) is 13.8. The van der Waals surface area contributed by atoms with Gasteiger partial charge in [-0.3, -0.25) is 14.7 Å². The highest BCUT2D eigenvalue weighted by molar-refractivity contribution is 6.02. The Morgan fingerprint density at radius 3 is 2.67 bits per heavy atom. The minimum Gasteiger partial charge on any atom is -0.467 e. The second kappa shape index (κ2) is 15.4. The first-order chi connectivity index (χ1) is 26.0. The molecule has 0 bridgehead atoms. The number of aryl methyl sites for hydroxylation is 2. The Morgan fingerprint density at radius 2 is 1.91 bits per heavy atom. The van der Waals surface area contributed by atoms with Crippen LogP contribution >= 0.6 is 0 Å². The van der Waals surface area contributed by atoms with Crippen molar-refractivity contribution in [2.24, 2.45) is 0 Å². The van der Waals surface area contributed by atoms with E-state index in [1.807, 2.05) is 24.9 Å². The molecule has 0 radical (unpaired) electrons. The number of hydrogen-bond acceptors (Lipinski definition) is 9. The molecule has 0 aliphatic carbocycles. The monoisotopic (exact) mass is 734 g/mol. The topological polar surface area (TPSA) is 100 Å². The number of aromatic nitrogens is 5. The van der Waals surface area contributed by atoms with Crippen molar-refractivity contribution in [3.8, 4) is 29.6 Å². The van der Waals surface area contributed by atoms with E-state index in [1.165, 1.54) is 38.3 Å². The van der Waals surface area contributed by atoms with Gasteiger partial charge in [0.25, 0.3) is 0 Å². The Hall–Kier alpha value is -5.61. The van der Waals surface area contributed by atoms with Crippen LogP contribution in [0.2, 0.25) is 0 Å². The molecule has 3 aliphatic heterocycles. The summed E-state index contributed by atoms with van der Waals surface area (Å²) >= 11 is 0. The van der Waals surface area contributed by atoms with Gasteiger partial charge in [-0.2, -0.15) is 9.97 Å². The molecule has 0 spiro atoms. The van der Waals surface area contributed by atoms with Crippen LogP contribution in [0.1, 0.15) is 48.5 Å². The summed E-state index contributed by atoms with van der Waals surface area (Å²) in [6.45, 7) is 6.51. The number of alkyl halides is 1. The van der Waals surface area contributed by atoms with Gasteiger partial charge in [0.1, 0.15) is 34.8 Å². The van der Waals surface area contributed by atoms with Crippen molar-refractivity contribution in [1.29, 1.82) is 0 Å². The SMILES string of the molecule is C#Cc1c(F)ccc2cccc(-c3ncc4c(N(C)C5CCN(C(=O)/C=C/c6cc(C)nc(C)n6)C5)nc(OC)nc4c3F)c12.FC1CC2CCCN2C1. The molecule has 13 heteroatoms. The third-order valence-corrected chi connectivity index (χ3v) is 10.4. The fraction of sp³-hybridized carbons (Fsp3) is 0.366. The molecule has 5 aromatic rings. The first kappa shape index (κ1) is 36.7. The van der Waals surface area contributed by atoms with Crippen molar-refractivity contribution < 1.29 is 22.7 Å². The van der Waals surface area contributed by atoms with E-state index in [1.54, 1.807) is 42.2 Å². The van der Waals surface area contributed by atoms with Crippen LogP contribution in [0.25, 0.3) is 39.0 Å². The molecule has 6 heterocycles. The molecule has 0 N–H and O–H groups in total. The number of anilines is 1. The Kier molecular flexibility index (Phi) is 10.5. The second-order valence-electron chi connectivity index (χ2n) is 14.0. The molecule has 54 heavy (non-hydrogen) atoms. The lowest BCUT2D eigenvalue weighted by Gasteiger charge is -2.27. The van der Waals surface area contributed by atoms with Crippen molar-refractivity contribution in [3.05, 3.63) is 83.1 Å². The van der Waals surface area contributed by atoms with E-state index in [-0.39, 0.29) is 34.7 Å². The number of benzene rings is 2. The second-order valence-corrected chi connectivity index (χ2v) is 14.0. The van der Waals surface area contributed by atoms with E-state index in [9.17, 15) is 13.6 Å². The van der Waals surface area contributed by atoms with E-state index in [0.29, 0.717) is 71.2 Å². The maximum absolute atomic E-state index is 16.4. The van der Waals surface area contributed by atoms with Crippen LogP contribution in [0.3, 0.4) is 0 Å². The van der Waals surface area contributed by atoms with Crippen molar-refractivity contribution in [3.63, 3.8) is 0 Å². The van der Waals surface area contributed by atoms with Crippen LogP contribution in [-0.2, 0) is 4.79 Å². The van der Waals surface area contributed by atoms with Crippen LogP contribution < -0.4 is 9.64 Å². The standard InChI is InChI=1S/C34H29F2N7O2.C7H12FN/c1-6-24-27(35)12-10-21-8-7-9-25(29(21)24)31-30(36)32-26(17-37-31)33(41-34(40-32)45-5)42(4)23-14-15-43(18-23)28(44)13-11-22-16-19(2)38-20(3)39-22;8-6-4-7-2-1-3-9(7)5-6/h1,7-13,16-17,23H,14-15,18H2,2-5H3;6-7H,1-5H2/b13-11+;. The molecule has 278 valence electrons. The molecule has 3 saturated heterocycles. The fourth-order valence-corrected chi connectivity index (χ4v) is 7.81. The van der Waals surface area contributed by atoms with E-state index in [2.05, 4.69) is 35.7 Å². The van der Waals surface area contributed by atoms with Gasteiger partial charge < -0.3 is 14.5 Å². The largest absolute Gasteiger partial charge is 0.467 e. The van der Waals surface area contributed by atoms with Gasteiger partial charge >= 0.3 is 6.01 Å². The summed E-state index contributed by atoms with van der Waals surface area (Å²) in [7, 11) is 3.24. The molecule has 1 amide bonds. The molecular formula is C41H41F3N8O2. The average Bonchev–Trinajstić information content (AvgIpc) is 3.91. The lowest BCUT2D eigenvalue weighted by molar-refractivity contribution is -0.124. The maximum atomic E-state index is 16.4. The third-order valence-electron chi connectivity index (χ3n) is 10.4. The quantitative estimate of drug-likeness (QED) is 0.144. The smallest absolute Gasteiger partial charge is 0.318 e. The lowest BCUT2D eigenvalue weighted by atomic mass is 9.96. The minimum atomic E-state index is -0.717. The summed E-state index contributed by atoms with van der Waals surface area (Å²) in [5.74, 6) is 2.01. The first-order valence-electron chi connectivity index (χ1n) is 18.0. The Bertz CT molecular complexity index is 2280. The third kappa shape index (κ3) is 7.30. The summed E-state index contributed by atoms with van der Waals surface area (Å²) in [4.78, 5) is 40.9. The number of methoxy groups -OCH3 is 1. The molecule has 2 aromatic carbocycles. The predicted molar refractivity (Wildman–Crippen MR) is 203 cm³/mol. The Labute approximate surface area is 312 Å². The van der Waals surface area contributed by atoms with Gasteiger partial charge in [0, 0.05) is 67.7 Å². The van der Waals surface area contributed by atoms with Crippen molar-refractivity contribution >= 4 is 39.5 Å². The number of terminal acetylenes is 1. The zero-order valence-electron chi connectivity index (χ0n) is 30.7. The molecular weight excluding hydrogens is 693 g/mol. The Balaban J connectivity index is 0.000000433. The molecule has 3 unspecified atom stereocenters. The van der Waals surface area contributed by atoms with Crippen molar-refractivity contribution in [2.75, 3.05) is 45.2 Å². The van der Waals surface area contributed by atoms with Crippen LogP contribution in [-0.4, -0.2) is 99.2 Å². The predicted octanol–water partition coefficient (Wildman–Crippen LogP) is 6.46. The molecule has 10 nitrogen and oxygen atoms in total. The van der Waals surface area contributed by atoms with Gasteiger partial charge in [0.05, 0.1) is 23.8 Å². The van der Waals surface area contributed by atoms with Gasteiger partial charge in [0.15, 0.2) is 5.82 Å². The minimum absolute atomic E-state index is 0.00587. The molecule has 3 atom stereocenters. The average molecular weight is 735 g/mol. The molecule has 3 aromatic heterocycles.